The molecule has 10 nitrogen and oxygen atoms in total. The van der Waals surface area contributed by atoms with Crippen LogP contribution in [-0.2, 0) is 33.5 Å². The van der Waals surface area contributed by atoms with E-state index in [1.807, 2.05) is 0 Å². The van der Waals surface area contributed by atoms with Gasteiger partial charge in [-0.3, -0.25) is 33.7 Å². The molecule has 3 aliphatic rings. The van der Waals surface area contributed by atoms with Gasteiger partial charge in [-0.2, -0.15) is 0 Å². The smallest absolute Gasteiger partial charge is 0.425 e. The maximum absolute atomic E-state index is 12.9. The van der Waals surface area contributed by atoms with Crippen molar-refractivity contribution in [2.75, 3.05) is 6.54 Å². The summed E-state index contributed by atoms with van der Waals surface area (Å²) in [4.78, 5) is 77.3. The van der Waals surface area contributed by atoms with Crippen LogP contribution in [0.5, 0.6) is 0 Å². The molecule has 2 saturated heterocycles. The van der Waals surface area contributed by atoms with E-state index in [4.69, 9.17) is 9.57 Å². The third-order valence-corrected chi connectivity index (χ3v) is 5.74. The first-order valence-electron chi connectivity index (χ1n) is 9.97. The van der Waals surface area contributed by atoms with Crippen LogP contribution in [0.1, 0.15) is 58.3 Å². The van der Waals surface area contributed by atoms with E-state index in [9.17, 15) is 28.8 Å². The summed E-state index contributed by atoms with van der Waals surface area (Å²) in [5, 5.41) is 0.409. The minimum absolute atomic E-state index is 0.0159. The van der Waals surface area contributed by atoms with Crippen molar-refractivity contribution >= 4 is 35.6 Å². The molecule has 0 bridgehead atoms. The average molecular weight is 420 g/mol. The number of ketones is 1. The van der Waals surface area contributed by atoms with Gasteiger partial charge in [0.2, 0.25) is 11.8 Å². The van der Waals surface area contributed by atoms with Gasteiger partial charge < -0.3 is 4.74 Å². The number of amides is 4. The van der Waals surface area contributed by atoms with Crippen molar-refractivity contribution in [3.8, 4) is 0 Å². The van der Waals surface area contributed by atoms with Gasteiger partial charge >= 0.3 is 6.16 Å². The van der Waals surface area contributed by atoms with Crippen LogP contribution in [0.25, 0.3) is 0 Å². The molecule has 2 fully saturated rings. The van der Waals surface area contributed by atoms with E-state index in [1.165, 1.54) is 0 Å². The van der Waals surface area contributed by atoms with Gasteiger partial charge in [0, 0.05) is 31.1 Å². The normalized spacial score (nSPS) is 28.4. The first-order chi connectivity index (χ1) is 14.2. The Kier molecular flexibility index (Phi) is 6.33. The standard InChI is InChI=1S/C20H24N2O8/c1-20(14(23)12-21-15(24)5-6-16(21)25)10-3-2-4-13(9-11-20)29-19(28)30-22-17(26)7-8-18(22)27/h2,4,13H,3,5-12H2,1H3/b4-2+/t13-,20+/m1/s1. The Morgan fingerprint density at radius 3 is 2.23 bits per heavy atom. The highest BCUT2D eigenvalue weighted by Crippen LogP contribution is 2.34. The van der Waals surface area contributed by atoms with Crippen molar-refractivity contribution in [1.82, 2.24) is 9.96 Å². The molecule has 0 aromatic heterocycles. The molecule has 0 unspecified atom stereocenters. The molecule has 0 aromatic rings. The fraction of sp³-hybridized carbons (Fsp3) is 0.600. The number of carbonyl (C=O) groups is 6. The van der Waals surface area contributed by atoms with Gasteiger partial charge in [0.25, 0.3) is 11.8 Å². The number of hydrogen-bond donors (Lipinski definition) is 0. The molecule has 162 valence electrons. The number of carbonyl (C=O) groups excluding carboxylic acids is 6. The Labute approximate surface area is 173 Å². The summed E-state index contributed by atoms with van der Waals surface area (Å²) in [5.41, 5.74) is -0.791. The molecule has 0 N–H and O–H groups in total. The van der Waals surface area contributed by atoms with E-state index in [2.05, 4.69) is 0 Å². The third kappa shape index (κ3) is 4.74. The van der Waals surface area contributed by atoms with Gasteiger partial charge in [0.1, 0.15) is 6.10 Å². The summed E-state index contributed by atoms with van der Waals surface area (Å²) in [6, 6.07) is 0. The van der Waals surface area contributed by atoms with Crippen molar-refractivity contribution in [1.29, 1.82) is 0 Å². The van der Waals surface area contributed by atoms with Crippen molar-refractivity contribution in [3.05, 3.63) is 12.2 Å². The fourth-order valence-corrected chi connectivity index (χ4v) is 3.72. The summed E-state index contributed by atoms with van der Waals surface area (Å²) < 4.78 is 5.20. The Morgan fingerprint density at radius 2 is 1.60 bits per heavy atom. The number of allylic oxidation sites excluding steroid dienone is 1. The van der Waals surface area contributed by atoms with Crippen LogP contribution < -0.4 is 0 Å². The van der Waals surface area contributed by atoms with Crippen LogP contribution in [0.3, 0.4) is 0 Å². The molecular weight excluding hydrogens is 396 g/mol. The van der Waals surface area contributed by atoms with Crippen LogP contribution in [0.2, 0.25) is 0 Å². The van der Waals surface area contributed by atoms with Crippen LogP contribution in [-0.4, -0.2) is 58.2 Å². The third-order valence-electron chi connectivity index (χ3n) is 5.74. The van der Waals surface area contributed by atoms with Crippen molar-refractivity contribution in [3.63, 3.8) is 0 Å². The lowest BCUT2D eigenvalue weighted by molar-refractivity contribution is -0.178. The molecular formula is C20H24N2O8. The van der Waals surface area contributed by atoms with Gasteiger partial charge in [-0.15, -0.1) is 0 Å². The molecule has 2 aliphatic heterocycles. The summed E-state index contributed by atoms with van der Waals surface area (Å²) in [7, 11) is 0. The number of rotatable bonds is 5. The second-order valence-electron chi connectivity index (χ2n) is 7.94. The first kappa shape index (κ1) is 21.7. The Morgan fingerprint density at radius 1 is 1.00 bits per heavy atom. The fourth-order valence-electron chi connectivity index (χ4n) is 3.72. The van der Waals surface area contributed by atoms with Gasteiger partial charge in [-0.1, -0.05) is 18.1 Å². The van der Waals surface area contributed by atoms with Crippen LogP contribution in [0.15, 0.2) is 12.2 Å². The highest BCUT2D eigenvalue weighted by Gasteiger charge is 2.39. The zero-order valence-corrected chi connectivity index (χ0v) is 16.8. The van der Waals surface area contributed by atoms with Crippen LogP contribution in [0.4, 0.5) is 4.79 Å². The topological polar surface area (TPSA) is 127 Å². The highest BCUT2D eigenvalue weighted by atomic mass is 16.8. The molecule has 2 atom stereocenters. The van der Waals surface area contributed by atoms with Crippen molar-refractivity contribution in [2.24, 2.45) is 5.41 Å². The molecule has 4 amide bonds. The Hall–Kier alpha value is -3.04. The summed E-state index contributed by atoms with van der Waals surface area (Å²) in [6.07, 6.45) is 3.56. The number of imide groups is 2. The second-order valence-corrected chi connectivity index (χ2v) is 7.94. The molecule has 1 aliphatic carbocycles. The van der Waals surface area contributed by atoms with E-state index in [-0.39, 0.29) is 49.8 Å². The number of likely N-dealkylation sites (tertiary alicyclic amines) is 1. The van der Waals surface area contributed by atoms with Gasteiger partial charge in [-0.05, 0) is 31.8 Å². The van der Waals surface area contributed by atoms with E-state index >= 15 is 0 Å². The van der Waals surface area contributed by atoms with Gasteiger partial charge in [0.05, 0.1) is 6.54 Å². The lowest BCUT2D eigenvalue weighted by Crippen LogP contribution is -2.41. The number of hydrogen-bond acceptors (Lipinski definition) is 8. The molecule has 0 saturated carbocycles. The number of Topliss-reactive ketones (excluding diaryl/α,β-unsaturated/α-hetero) is 1. The zero-order valence-electron chi connectivity index (χ0n) is 16.8. The number of ether oxygens (including phenoxy) is 1. The molecule has 2 heterocycles. The molecule has 0 radical (unpaired) electrons. The maximum atomic E-state index is 12.9. The molecule has 3 rings (SSSR count). The summed E-state index contributed by atoms with van der Waals surface area (Å²) >= 11 is 0. The molecule has 10 heteroatoms. The highest BCUT2D eigenvalue weighted by molar-refractivity contribution is 6.05. The quantitative estimate of drug-likeness (QED) is 0.371. The lowest BCUT2D eigenvalue weighted by atomic mass is 9.75. The summed E-state index contributed by atoms with van der Waals surface area (Å²) in [6.45, 7) is 1.53. The van der Waals surface area contributed by atoms with Crippen molar-refractivity contribution < 1.29 is 38.3 Å². The molecule has 30 heavy (non-hydrogen) atoms. The first-order valence-corrected chi connectivity index (χ1v) is 9.97. The number of hydroxylamine groups is 2. The predicted octanol–water partition coefficient (Wildman–Crippen LogP) is 1.43. The largest absolute Gasteiger partial charge is 0.534 e. The minimum atomic E-state index is -1.17. The van der Waals surface area contributed by atoms with E-state index in [1.54, 1.807) is 19.1 Å². The van der Waals surface area contributed by atoms with Gasteiger partial charge in [0.15, 0.2) is 5.78 Å². The lowest BCUT2D eigenvalue weighted by Gasteiger charge is -2.31. The average Bonchev–Trinajstić information content (AvgIpc) is 3.17. The zero-order chi connectivity index (χ0) is 21.9. The van der Waals surface area contributed by atoms with Crippen LogP contribution in [0, 0.1) is 5.41 Å². The minimum Gasteiger partial charge on any atom is -0.425 e. The number of nitrogens with zero attached hydrogens (tertiary/aromatic N) is 2. The second kappa shape index (κ2) is 8.76. The molecule has 0 spiro atoms. The van der Waals surface area contributed by atoms with E-state index in [0.29, 0.717) is 30.7 Å². The van der Waals surface area contributed by atoms with Gasteiger partial charge in [-0.25, -0.2) is 4.79 Å². The summed E-state index contributed by atoms with van der Waals surface area (Å²) in [5.74, 6) is -2.09. The van der Waals surface area contributed by atoms with Crippen LogP contribution >= 0.6 is 0 Å². The Balaban J connectivity index is 1.57. The molecule has 0 aromatic carbocycles. The van der Waals surface area contributed by atoms with E-state index in [0.717, 1.165) is 4.90 Å². The van der Waals surface area contributed by atoms with Crippen molar-refractivity contribution in [2.45, 2.75) is 64.4 Å². The Bertz CT molecular complexity index is 788. The monoisotopic (exact) mass is 420 g/mol. The predicted molar refractivity (Wildman–Crippen MR) is 99.1 cm³/mol. The SMILES string of the molecule is C[C@]1(C(=O)CN2C(=O)CCC2=O)CC/C=C/[C@@H](OC(=O)ON2C(=O)CCC2=O)CC1. The maximum Gasteiger partial charge on any atom is 0.534 e. The van der Waals surface area contributed by atoms with E-state index < -0.39 is 29.5 Å².